The van der Waals surface area contributed by atoms with Crippen molar-refractivity contribution in [3.05, 3.63) is 71.7 Å². The van der Waals surface area contributed by atoms with Crippen molar-refractivity contribution < 1.29 is 9.18 Å². The van der Waals surface area contributed by atoms with Gasteiger partial charge in [-0.25, -0.2) is 4.39 Å². The first kappa shape index (κ1) is 21.4. The molecule has 1 aliphatic rings. The van der Waals surface area contributed by atoms with Gasteiger partial charge in [0.05, 0.1) is 0 Å². The van der Waals surface area contributed by atoms with E-state index in [1.54, 1.807) is 17.0 Å². The molecule has 0 saturated carbocycles. The van der Waals surface area contributed by atoms with E-state index in [2.05, 4.69) is 30.1 Å². The topological polar surface area (TPSA) is 59.4 Å². The van der Waals surface area contributed by atoms with E-state index < -0.39 is 0 Å². The Kier molecular flexibility index (Phi) is 7.08. The Morgan fingerprint density at radius 3 is 2.47 bits per heavy atom. The predicted molar refractivity (Wildman–Crippen MR) is 118 cm³/mol. The third-order valence-electron chi connectivity index (χ3n) is 5.59. The highest BCUT2D eigenvalue weighted by atomic mass is 19.1. The maximum atomic E-state index is 13.1. The van der Waals surface area contributed by atoms with E-state index >= 15 is 0 Å². The molecule has 6 heteroatoms. The SMILES string of the molecule is CCC(C)c1ccccc1N/C=C(/C#N)C(=O)N1CCN(c2ccc(F)cc2)CC1. The summed E-state index contributed by atoms with van der Waals surface area (Å²) in [6, 6.07) is 16.3. The van der Waals surface area contributed by atoms with Gasteiger partial charge in [-0.3, -0.25) is 4.79 Å². The molecule has 3 rings (SSSR count). The lowest BCUT2D eigenvalue weighted by atomic mass is 9.97. The maximum absolute atomic E-state index is 13.1. The molecule has 1 atom stereocenters. The van der Waals surface area contributed by atoms with Crippen molar-refractivity contribution in [2.24, 2.45) is 0 Å². The number of hydrogen-bond donors (Lipinski definition) is 1. The molecule has 1 unspecified atom stereocenters. The van der Waals surface area contributed by atoms with Crippen molar-refractivity contribution in [1.29, 1.82) is 5.26 Å². The minimum Gasteiger partial charge on any atom is -0.368 e. The number of carbonyl (C=O) groups is 1. The lowest BCUT2D eigenvalue weighted by Crippen LogP contribution is -2.49. The van der Waals surface area contributed by atoms with Gasteiger partial charge in [0, 0.05) is 43.8 Å². The molecule has 30 heavy (non-hydrogen) atoms. The van der Waals surface area contributed by atoms with Gasteiger partial charge >= 0.3 is 0 Å². The molecule has 1 heterocycles. The van der Waals surface area contributed by atoms with Crippen LogP contribution in [0.1, 0.15) is 31.7 Å². The number of piperazine rings is 1. The summed E-state index contributed by atoms with van der Waals surface area (Å²) in [6.07, 6.45) is 2.51. The van der Waals surface area contributed by atoms with Crippen LogP contribution in [0.25, 0.3) is 0 Å². The zero-order valence-electron chi connectivity index (χ0n) is 17.4. The number of nitrogens with zero attached hydrogens (tertiary/aromatic N) is 3. The zero-order chi connectivity index (χ0) is 21.5. The Bertz CT molecular complexity index is 940. The number of halogens is 1. The molecule has 2 aromatic rings. The third-order valence-corrected chi connectivity index (χ3v) is 5.59. The lowest BCUT2D eigenvalue weighted by molar-refractivity contribution is -0.127. The van der Waals surface area contributed by atoms with Gasteiger partial charge in [0.25, 0.3) is 5.91 Å². The van der Waals surface area contributed by atoms with Crippen LogP contribution in [0.4, 0.5) is 15.8 Å². The van der Waals surface area contributed by atoms with Crippen LogP contribution in [0.3, 0.4) is 0 Å². The molecule has 0 bridgehead atoms. The van der Waals surface area contributed by atoms with Crippen LogP contribution in [0, 0.1) is 17.1 Å². The molecule has 1 amide bonds. The van der Waals surface area contributed by atoms with Gasteiger partial charge in [-0.2, -0.15) is 5.26 Å². The molecule has 1 aliphatic heterocycles. The number of benzene rings is 2. The summed E-state index contributed by atoms with van der Waals surface area (Å²) in [5.74, 6) is -0.161. The maximum Gasteiger partial charge on any atom is 0.266 e. The monoisotopic (exact) mass is 406 g/mol. The number of carbonyl (C=O) groups excluding carboxylic acids is 1. The van der Waals surface area contributed by atoms with Crippen LogP contribution in [0.15, 0.2) is 60.3 Å². The third kappa shape index (κ3) is 4.98. The summed E-state index contributed by atoms with van der Waals surface area (Å²) in [5.41, 5.74) is 3.09. The fraction of sp³-hybridized carbons (Fsp3) is 0.333. The van der Waals surface area contributed by atoms with Crippen molar-refractivity contribution in [3.8, 4) is 6.07 Å². The number of para-hydroxylation sites is 1. The fourth-order valence-corrected chi connectivity index (χ4v) is 3.56. The van der Waals surface area contributed by atoms with E-state index in [1.807, 2.05) is 24.3 Å². The molecular weight excluding hydrogens is 379 g/mol. The number of amides is 1. The second kappa shape index (κ2) is 9.93. The summed E-state index contributed by atoms with van der Waals surface area (Å²) in [5, 5.41) is 12.7. The first-order valence-electron chi connectivity index (χ1n) is 10.3. The van der Waals surface area contributed by atoms with Gasteiger partial charge in [0.15, 0.2) is 0 Å². The highest BCUT2D eigenvalue weighted by Gasteiger charge is 2.24. The number of nitriles is 1. The van der Waals surface area contributed by atoms with Crippen LogP contribution < -0.4 is 10.2 Å². The first-order valence-corrected chi connectivity index (χ1v) is 10.3. The van der Waals surface area contributed by atoms with Gasteiger partial charge in [0.1, 0.15) is 17.5 Å². The molecule has 0 spiro atoms. The van der Waals surface area contributed by atoms with Crippen molar-refractivity contribution >= 4 is 17.3 Å². The lowest BCUT2D eigenvalue weighted by Gasteiger charge is -2.36. The molecule has 0 aliphatic carbocycles. The van der Waals surface area contributed by atoms with Crippen LogP contribution in [0.2, 0.25) is 0 Å². The summed E-state index contributed by atoms with van der Waals surface area (Å²) >= 11 is 0. The Morgan fingerprint density at radius 1 is 1.17 bits per heavy atom. The minimum absolute atomic E-state index is 0.0872. The van der Waals surface area contributed by atoms with E-state index in [0.717, 1.165) is 23.4 Å². The number of anilines is 2. The van der Waals surface area contributed by atoms with Crippen molar-refractivity contribution in [2.45, 2.75) is 26.2 Å². The van der Waals surface area contributed by atoms with Gasteiger partial charge in [0.2, 0.25) is 0 Å². The summed E-state index contributed by atoms with van der Waals surface area (Å²) in [7, 11) is 0. The fourth-order valence-electron chi connectivity index (χ4n) is 3.56. The highest BCUT2D eigenvalue weighted by molar-refractivity contribution is 5.97. The molecule has 0 aromatic heterocycles. The molecule has 5 nitrogen and oxygen atoms in total. The second-order valence-corrected chi connectivity index (χ2v) is 7.47. The second-order valence-electron chi connectivity index (χ2n) is 7.47. The first-order chi connectivity index (χ1) is 14.5. The molecule has 156 valence electrons. The molecule has 1 N–H and O–H groups in total. The quantitative estimate of drug-likeness (QED) is 0.567. The van der Waals surface area contributed by atoms with E-state index in [0.29, 0.717) is 32.1 Å². The minimum atomic E-state index is -0.273. The van der Waals surface area contributed by atoms with Gasteiger partial charge in [-0.1, -0.05) is 32.0 Å². The number of hydrogen-bond acceptors (Lipinski definition) is 4. The van der Waals surface area contributed by atoms with Crippen LogP contribution in [-0.2, 0) is 4.79 Å². The van der Waals surface area contributed by atoms with Gasteiger partial charge in [-0.15, -0.1) is 0 Å². The van der Waals surface area contributed by atoms with E-state index in [1.165, 1.54) is 18.3 Å². The van der Waals surface area contributed by atoms with Gasteiger partial charge in [-0.05, 0) is 48.2 Å². The van der Waals surface area contributed by atoms with Crippen molar-refractivity contribution in [3.63, 3.8) is 0 Å². The summed E-state index contributed by atoms with van der Waals surface area (Å²) in [4.78, 5) is 16.6. The summed E-state index contributed by atoms with van der Waals surface area (Å²) in [6.45, 7) is 6.59. The van der Waals surface area contributed by atoms with Crippen LogP contribution in [0.5, 0.6) is 0 Å². The molecule has 1 fully saturated rings. The smallest absolute Gasteiger partial charge is 0.266 e. The van der Waals surface area contributed by atoms with Crippen molar-refractivity contribution in [1.82, 2.24) is 4.90 Å². The molecule has 1 saturated heterocycles. The molecule has 2 aromatic carbocycles. The Morgan fingerprint density at radius 2 is 1.83 bits per heavy atom. The van der Waals surface area contributed by atoms with Crippen LogP contribution in [-0.4, -0.2) is 37.0 Å². The van der Waals surface area contributed by atoms with E-state index in [4.69, 9.17) is 0 Å². The van der Waals surface area contributed by atoms with Crippen molar-refractivity contribution in [2.75, 3.05) is 36.4 Å². The average Bonchev–Trinajstić information content (AvgIpc) is 2.79. The Hall–Kier alpha value is -3.33. The molecular formula is C24H27FN4O. The van der Waals surface area contributed by atoms with Gasteiger partial charge < -0.3 is 15.1 Å². The highest BCUT2D eigenvalue weighted by Crippen LogP contribution is 2.26. The standard InChI is InChI=1S/C24H27FN4O/c1-3-18(2)22-6-4-5-7-23(22)27-17-19(16-26)24(30)29-14-12-28(13-15-29)21-10-8-20(25)9-11-21/h4-11,17-18,27H,3,12-15H2,1-2H3/b19-17-. The summed E-state index contributed by atoms with van der Waals surface area (Å²) < 4.78 is 13.1. The number of rotatable bonds is 6. The normalized spacial score (nSPS) is 15.5. The van der Waals surface area contributed by atoms with E-state index in [-0.39, 0.29) is 17.3 Å². The van der Waals surface area contributed by atoms with Crippen LogP contribution >= 0.6 is 0 Å². The average molecular weight is 407 g/mol. The van der Waals surface area contributed by atoms with E-state index in [9.17, 15) is 14.4 Å². The Balaban J connectivity index is 1.64. The predicted octanol–water partition coefficient (Wildman–Crippen LogP) is 4.51. The number of nitrogens with one attached hydrogen (secondary N) is 1. The molecule has 0 radical (unpaired) electrons. The zero-order valence-corrected chi connectivity index (χ0v) is 17.4. The Labute approximate surface area is 177 Å². The largest absolute Gasteiger partial charge is 0.368 e.